The number of rotatable bonds is 8. The molecule has 0 heterocycles. The van der Waals surface area contributed by atoms with Gasteiger partial charge < -0.3 is 15.7 Å². The minimum absolute atomic E-state index is 0. The van der Waals surface area contributed by atoms with Crippen LogP contribution in [0.5, 0.6) is 0 Å². The maximum absolute atomic E-state index is 11.5. The molecule has 0 radical (unpaired) electrons. The first kappa shape index (κ1) is 16.0. The molecular weight excluding hydrogens is 248 g/mol. The average molecular weight is 269 g/mol. The molecular formula is C10H21ClN2O2S. The first-order valence-corrected chi connectivity index (χ1v) is 6.78. The molecule has 1 saturated carbocycles. The molecule has 0 aromatic heterocycles. The fraction of sp³-hybridized carbons (Fsp3) is 0.900. The first-order chi connectivity index (χ1) is 7.26. The van der Waals surface area contributed by atoms with Crippen LogP contribution >= 0.6 is 24.2 Å². The van der Waals surface area contributed by atoms with Gasteiger partial charge in [-0.1, -0.05) is 0 Å². The molecule has 3 N–H and O–H groups in total. The van der Waals surface area contributed by atoms with Gasteiger partial charge in [0.15, 0.2) is 0 Å². The highest BCUT2D eigenvalue weighted by Gasteiger charge is 2.21. The molecule has 0 bridgehead atoms. The van der Waals surface area contributed by atoms with Crippen LogP contribution in [0, 0.1) is 0 Å². The van der Waals surface area contributed by atoms with E-state index in [-0.39, 0.29) is 31.0 Å². The summed E-state index contributed by atoms with van der Waals surface area (Å²) < 4.78 is 0. The summed E-state index contributed by atoms with van der Waals surface area (Å²) in [6, 6.07) is 0.658. The second-order valence-electron chi connectivity index (χ2n) is 3.89. The van der Waals surface area contributed by atoms with Gasteiger partial charge in [-0.2, -0.15) is 11.8 Å². The number of aliphatic hydroxyl groups is 1. The highest BCUT2D eigenvalue weighted by atomic mass is 35.5. The number of amides is 1. The van der Waals surface area contributed by atoms with E-state index in [9.17, 15) is 4.79 Å². The molecule has 1 unspecified atom stereocenters. The van der Waals surface area contributed by atoms with Gasteiger partial charge in [0.25, 0.3) is 0 Å². The molecule has 6 heteroatoms. The monoisotopic (exact) mass is 268 g/mol. The predicted octanol–water partition coefficient (Wildman–Crippen LogP) is 0.390. The Kier molecular flexibility index (Phi) is 9.12. The Labute approximate surface area is 107 Å². The van der Waals surface area contributed by atoms with E-state index in [1.807, 2.05) is 6.26 Å². The van der Waals surface area contributed by atoms with Gasteiger partial charge >= 0.3 is 0 Å². The largest absolute Gasteiger partial charge is 0.396 e. The van der Waals surface area contributed by atoms with Crippen molar-refractivity contribution in [2.75, 3.05) is 25.2 Å². The van der Waals surface area contributed by atoms with Gasteiger partial charge in [0.05, 0.1) is 6.54 Å². The molecule has 1 rings (SSSR count). The molecule has 0 aromatic rings. The van der Waals surface area contributed by atoms with Crippen LogP contribution in [0.3, 0.4) is 0 Å². The third-order valence-electron chi connectivity index (χ3n) is 2.34. The zero-order valence-corrected chi connectivity index (χ0v) is 11.2. The van der Waals surface area contributed by atoms with E-state index in [2.05, 4.69) is 10.6 Å². The van der Waals surface area contributed by atoms with Crippen LogP contribution in [-0.2, 0) is 4.79 Å². The standard InChI is InChI=1S/C10H20N2O2S.ClH/c1-15-7-9(4-5-13)12-10(14)6-11-8-2-3-8;/h8-9,11,13H,2-7H2,1H3,(H,12,14);1H. The van der Waals surface area contributed by atoms with Crippen LogP contribution < -0.4 is 10.6 Å². The Hall–Kier alpha value is 0.0300. The molecule has 96 valence electrons. The minimum Gasteiger partial charge on any atom is -0.396 e. The Morgan fingerprint density at radius 2 is 2.25 bits per heavy atom. The number of hydrogen-bond donors (Lipinski definition) is 3. The summed E-state index contributed by atoms with van der Waals surface area (Å²) in [6.45, 7) is 0.530. The van der Waals surface area contributed by atoms with Gasteiger partial charge in [-0.3, -0.25) is 4.79 Å². The van der Waals surface area contributed by atoms with E-state index in [4.69, 9.17) is 5.11 Å². The summed E-state index contributed by atoms with van der Waals surface area (Å²) in [5, 5.41) is 14.9. The quantitative estimate of drug-likeness (QED) is 0.596. The van der Waals surface area contributed by atoms with Crippen molar-refractivity contribution in [3.63, 3.8) is 0 Å². The van der Waals surface area contributed by atoms with Crippen LogP contribution in [0.4, 0.5) is 0 Å². The topological polar surface area (TPSA) is 61.4 Å². The van der Waals surface area contributed by atoms with E-state index in [1.165, 1.54) is 12.8 Å². The van der Waals surface area contributed by atoms with Crippen molar-refractivity contribution in [2.45, 2.75) is 31.3 Å². The van der Waals surface area contributed by atoms with Crippen LogP contribution in [0.2, 0.25) is 0 Å². The Bertz CT molecular complexity index is 197. The van der Waals surface area contributed by atoms with Crippen molar-refractivity contribution in [1.29, 1.82) is 0 Å². The molecule has 1 aliphatic carbocycles. The predicted molar refractivity (Wildman–Crippen MR) is 70.3 cm³/mol. The lowest BCUT2D eigenvalue weighted by Crippen LogP contribution is -2.42. The first-order valence-electron chi connectivity index (χ1n) is 5.38. The van der Waals surface area contributed by atoms with Crippen molar-refractivity contribution >= 4 is 30.1 Å². The van der Waals surface area contributed by atoms with Crippen molar-refractivity contribution in [3.8, 4) is 0 Å². The molecule has 1 atom stereocenters. The van der Waals surface area contributed by atoms with E-state index in [0.29, 0.717) is 19.0 Å². The second kappa shape index (κ2) is 9.10. The molecule has 1 aliphatic rings. The highest BCUT2D eigenvalue weighted by molar-refractivity contribution is 7.98. The Balaban J connectivity index is 0.00000225. The third kappa shape index (κ3) is 7.33. The van der Waals surface area contributed by atoms with E-state index < -0.39 is 0 Å². The molecule has 0 aromatic carbocycles. The molecule has 1 fully saturated rings. The summed E-state index contributed by atoms with van der Waals surface area (Å²) >= 11 is 1.68. The lowest BCUT2D eigenvalue weighted by Gasteiger charge is -2.16. The number of thioether (sulfide) groups is 1. The lowest BCUT2D eigenvalue weighted by molar-refractivity contribution is -0.120. The van der Waals surface area contributed by atoms with Gasteiger partial charge in [0, 0.05) is 24.4 Å². The number of hydrogen-bond acceptors (Lipinski definition) is 4. The smallest absolute Gasteiger partial charge is 0.234 e. The number of aliphatic hydroxyl groups excluding tert-OH is 1. The molecule has 1 amide bonds. The summed E-state index contributed by atoms with van der Waals surface area (Å²) in [6.07, 6.45) is 5.02. The Morgan fingerprint density at radius 3 is 2.75 bits per heavy atom. The molecule has 0 saturated heterocycles. The SMILES string of the molecule is CSCC(CCO)NC(=O)CNC1CC1.Cl. The third-order valence-corrected chi connectivity index (χ3v) is 3.07. The fourth-order valence-electron chi connectivity index (χ4n) is 1.36. The summed E-state index contributed by atoms with van der Waals surface area (Å²) in [4.78, 5) is 11.5. The zero-order valence-electron chi connectivity index (χ0n) is 9.57. The van der Waals surface area contributed by atoms with Crippen LogP contribution in [-0.4, -0.2) is 48.3 Å². The van der Waals surface area contributed by atoms with Crippen molar-refractivity contribution in [1.82, 2.24) is 10.6 Å². The minimum atomic E-state index is 0. The molecule has 0 aliphatic heterocycles. The fourth-order valence-corrected chi connectivity index (χ4v) is 2.01. The van der Waals surface area contributed by atoms with Gasteiger partial charge in [-0.15, -0.1) is 12.4 Å². The number of halogens is 1. The van der Waals surface area contributed by atoms with Crippen molar-refractivity contribution in [2.24, 2.45) is 0 Å². The van der Waals surface area contributed by atoms with Crippen molar-refractivity contribution < 1.29 is 9.90 Å². The van der Waals surface area contributed by atoms with Gasteiger partial charge in [0.1, 0.15) is 0 Å². The maximum atomic E-state index is 11.5. The summed E-state index contributed by atoms with van der Waals surface area (Å²) in [5.41, 5.74) is 0. The van der Waals surface area contributed by atoms with E-state index in [0.717, 1.165) is 5.75 Å². The van der Waals surface area contributed by atoms with Crippen LogP contribution in [0.15, 0.2) is 0 Å². The van der Waals surface area contributed by atoms with Crippen LogP contribution in [0.1, 0.15) is 19.3 Å². The average Bonchev–Trinajstić information content (AvgIpc) is 2.99. The number of carbonyl (C=O) groups excluding carboxylic acids is 1. The summed E-state index contributed by atoms with van der Waals surface area (Å²) in [5.74, 6) is 0.893. The van der Waals surface area contributed by atoms with Gasteiger partial charge in [-0.25, -0.2) is 0 Å². The summed E-state index contributed by atoms with van der Waals surface area (Å²) in [7, 11) is 0. The number of nitrogens with one attached hydrogen (secondary N) is 2. The van der Waals surface area contributed by atoms with Gasteiger partial charge in [-0.05, 0) is 25.5 Å². The molecule has 0 spiro atoms. The molecule has 16 heavy (non-hydrogen) atoms. The van der Waals surface area contributed by atoms with Crippen LogP contribution in [0.25, 0.3) is 0 Å². The Morgan fingerprint density at radius 1 is 1.56 bits per heavy atom. The zero-order chi connectivity index (χ0) is 11.1. The van der Waals surface area contributed by atoms with E-state index in [1.54, 1.807) is 11.8 Å². The van der Waals surface area contributed by atoms with E-state index >= 15 is 0 Å². The highest BCUT2D eigenvalue weighted by Crippen LogP contribution is 2.17. The maximum Gasteiger partial charge on any atom is 0.234 e. The van der Waals surface area contributed by atoms with Gasteiger partial charge in [0.2, 0.25) is 5.91 Å². The van der Waals surface area contributed by atoms with Crippen molar-refractivity contribution in [3.05, 3.63) is 0 Å². The normalized spacial score (nSPS) is 16.4. The lowest BCUT2D eigenvalue weighted by atomic mass is 10.2. The molecule has 4 nitrogen and oxygen atoms in total. The second-order valence-corrected chi connectivity index (χ2v) is 4.80. The number of carbonyl (C=O) groups is 1.